The maximum Gasteiger partial charge on any atom is 0.163 e. The van der Waals surface area contributed by atoms with Gasteiger partial charge in [-0.2, -0.15) is 0 Å². The minimum absolute atomic E-state index is 0.225. The molecule has 0 radical (unpaired) electrons. The molecule has 0 aliphatic heterocycles. The second kappa shape index (κ2) is 7.49. The molecule has 132 valence electrons. The first-order valence-electron chi connectivity index (χ1n) is 8.82. The number of nitrogens with zero attached hydrogens (tertiary/aromatic N) is 3. The summed E-state index contributed by atoms with van der Waals surface area (Å²) in [6.45, 7) is 0. The molecule has 1 aliphatic rings. The largest absolute Gasteiger partial charge is 0.393 e. The van der Waals surface area contributed by atoms with E-state index in [1.165, 1.54) is 0 Å². The lowest BCUT2D eigenvalue weighted by Gasteiger charge is -2.15. The molecule has 2 atom stereocenters. The van der Waals surface area contributed by atoms with Crippen molar-refractivity contribution in [2.75, 3.05) is 10.6 Å². The minimum atomic E-state index is -0.225. The first-order chi connectivity index (χ1) is 12.8. The van der Waals surface area contributed by atoms with Crippen LogP contribution >= 0.6 is 0 Å². The molecule has 1 aromatic carbocycles. The summed E-state index contributed by atoms with van der Waals surface area (Å²) in [7, 11) is 0. The molecule has 0 spiro atoms. The van der Waals surface area contributed by atoms with Gasteiger partial charge in [0.15, 0.2) is 5.82 Å². The van der Waals surface area contributed by atoms with Crippen LogP contribution in [0.4, 0.5) is 17.3 Å². The second-order valence-electron chi connectivity index (χ2n) is 6.50. The van der Waals surface area contributed by atoms with Gasteiger partial charge in [-0.05, 0) is 31.4 Å². The molecule has 1 saturated carbocycles. The molecule has 1 fully saturated rings. The van der Waals surface area contributed by atoms with Crippen molar-refractivity contribution in [2.45, 2.75) is 31.4 Å². The third kappa shape index (κ3) is 3.97. The van der Waals surface area contributed by atoms with Crippen molar-refractivity contribution < 1.29 is 5.11 Å². The number of benzene rings is 1. The number of rotatable bonds is 5. The topological polar surface area (TPSA) is 83.0 Å². The Morgan fingerprint density at radius 2 is 1.69 bits per heavy atom. The quantitative estimate of drug-likeness (QED) is 0.654. The number of hydrogen-bond acceptors (Lipinski definition) is 6. The number of aliphatic hydroxyl groups excluding tert-OH is 1. The van der Waals surface area contributed by atoms with Crippen LogP contribution in [0.2, 0.25) is 0 Å². The zero-order valence-electron chi connectivity index (χ0n) is 14.3. The Balaban J connectivity index is 1.65. The van der Waals surface area contributed by atoms with Gasteiger partial charge in [-0.1, -0.05) is 30.3 Å². The number of nitrogens with one attached hydrogen (secondary N) is 2. The van der Waals surface area contributed by atoms with Gasteiger partial charge in [-0.25, -0.2) is 9.97 Å². The Morgan fingerprint density at radius 1 is 0.923 bits per heavy atom. The highest BCUT2D eigenvalue weighted by molar-refractivity contribution is 5.65. The molecule has 2 aromatic heterocycles. The van der Waals surface area contributed by atoms with Gasteiger partial charge in [-0.15, -0.1) is 0 Å². The van der Waals surface area contributed by atoms with Gasteiger partial charge in [0, 0.05) is 35.8 Å². The van der Waals surface area contributed by atoms with Crippen LogP contribution in [0.15, 0.2) is 60.9 Å². The van der Waals surface area contributed by atoms with Crippen molar-refractivity contribution in [3.63, 3.8) is 0 Å². The van der Waals surface area contributed by atoms with E-state index in [-0.39, 0.29) is 12.1 Å². The normalized spacial score (nSPS) is 19.3. The molecule has 3 N–H and O–H groups in total. The monoisotopic (exact) mass is 347 g/mol. The van der Waals surface area contributed by atoms with E-state index in [1.807, 2.05) is 48.5 Å². The standard InChI is InChI=1S/C20H21N5O/c26-17-7-6-16(12-17)23-19-13-18(22-15-8-10-21-11-9-15)24-20(25-19)14-4-2-1-3-5-14/h1-5,8-11,13,16-17,26H,6-7,12H2,(H2,21,22,23,24,25)/t16?,17-/m0/s1. The maximum atomic E-state index is 9.77. The van der Waals surface area contributed by atoms with E-state index in [0.29, 0.717) is 11.6 Å². The summed E-state index contributed by atoms with van der Waals surface area (Å²) in [4.78, 5) is 13.4. The number of aromatic nitrogens is 3. The lowest BCUT2D eigenvalue weighted by molar-refractivity contribution is 0.182. The number of pyridine rings is 1. The third-order valence-electron chi connectivity index (χ3n) is 4.47. The molecular formula is C20H21N5O. The second-order valence-corrected chi connectivity index (χ2v) is 6.50. The van der Waals surface area contributed by atoms with E-state index in [2.05, 4.69) is 25.6 Å². The average molecular weight is 347 g/mol. The van der Waals surface area contributed by atoms with Gasteiger partial charge in [0.05, 0.1) is 6.10 Å². The van der Waals surface area contributed by atoms with Crippen molar-refractivity contribution in [1.29, 1.82) is 0 Å². The fraction of sp³-hybridized carbons (Fsp3) is 0.250. The summed E-state index contributed by atoms with van der Waals surface area (Å²) in [6, 6.07) is 15.8. The van der Waals surface area contributed by atoms with Gasteiger partial charge < -0.3 is 15.7 Å². The van der Waals surface area contributed by atoms with Crippen LogP contribution in [0, 0.1) is 0 Å². The number of anilines is 3. The number of aliphatic hydroxyl groups is 1. The molecule has 1 unspecified atom stereocenters. The molecular weight excluding hydrogens is 326 g/mol. The summed E-state index contributed by atoms with van der Waals surface area (Å²) in [5, 5.41) is 16.5. The fourth-order valence-electron chi connectivity index (χ4n) is 3.18. The Kier molecular flexibility index (Phi) is 4.75. The van der Waals surface area contributed by atoms with E-state index in [4.69, 9.17) is 0 Å². The summed E-state index contributed by atoms with van der Waals surface area (Å²) in [5.74, 6) is 2.13. The summed E-state index contributed by atoms with van der Waals surface area (Å²) in [5.41, 5.74) is 1.88. The molecule has 4 rings (SSSR count). The van der Waals surface area contributed by atoms with Crippen molar-refractivity contribution in [2.24, 2.45) is 0 Å². The molecule has 26 heavy (non-hydrogen) atoms. The van der Waals surface area contributed by atoms with Crippen molar-refractivity contribution in [3.05, 3.63) is 60.9 Å². The lowest BCUT2D eigenvalue weighted by Crippen LogP contribution is -2.18. The summed E-state index contributed by atoms with van der Waals surface area (Å²) >= 11 is 0. The Bertz CT molecular complexity index is 857. The fourth-order valence-corrected chi connectivity index (χ4v) is 3.18. The van der Waals surface area contributed by atoms with E-state index >= 15 is 0 Å². The van der Waals surface area contributed by atoms with Crippen LogP contribution in [0.5, 0.6) is 0 Å². The van der Waals surface area contributed by atoms with E-state index in [1.54, 1.807) is 12.4 Å². The predicted octanol–water partition coefficient (Wildman–Crippen LogP) is 3.61. The molecule has 3 aromatic rings. The van der Waals surface area contributed by atoms with Crippen LogP contribution in [0.1, 0.15) is 19.3 Å². The zero-order chi connectivity index (χ0) is 17.8. The van der Waals surface area contributed by atoms with E-state index in [0.717, 1.165) is 36.3 Å². The van der Waals surface area contributed by atoms with Gasteiger partial charge in [0.2, 0.25) is 0 Å². The minimum Gasteiger partial charge on any atom is -0.393 e. The van der Waals surface area contributed by atoms with Crippen LogP contribution in [0.3, 0.4) is 0 Å². The first kappa shape index (κ1) is 16.5. The van der Waals surface area contributed by atoms with Crippen molar-refractivity contribution in [3.8, 4) is 11.4 Å². The molecule has 1 aliphatic carbocycles. The van der Waals surface area contributed by atoms with Crippen LogP contribution in [-0.4, -0.2) is 32.2 Å². The van der Waals surface area contributed by atoms with Crippen LogP contribution < -0.4 is 10.6 Å². The van der Waals surface area contributed by atoms with E-state index < -0.39 is 0 Å². The average Bonchev–Trinajstić information content (AvgIpc) is 3.08. The van der Waals surface area contributed by atoms with Gasteiger partial charge in [0.1, 0.15) is 11.6 Å². The van der Waals surface area contributed by atoms with Crippen LogP contribution in [0.25, 0.3) is 11.4 Å². The zero-order valence-corrected chi connectivity index (χ0v) is 14.3. The van der Waals surface area contributed by atoms with Gasteiger partial charge >= 0.3 is 0 Å². The van der Waals surface area contributed by atoms with Crippen molar-refractivity contribution in [1.82, 2.24) is 15.0 Å². The molecule has 0 bridgehead atoms. The molecule has 0 saturated heterocycles. The highest BCUT2D eigenvalue weighted by Crippen LogP contribution is 2.26. The van der Waals surface area contributed by atoms with Crippen LogP contribution in [-0.2, 0) is 0 Å². The van der Waals surface area contributed by atoms with Crippen molar-refractivity contribution >= 4 is 17.3 Å². The predicted molar refractivity (Wildman–Crippen MR) is 102 cm³/mol. The summed E-state index contributed by atoms with van der Waals surface area (Å²) < 4.78 is 0. The Morgan fingerprint density at radius 3 is 2.42 bits per heavy atom. The van der Waals surface area contributed by atoms with Gasteiger partial charge in [-0.3, -0.25) is 4.98 Å². The Labute approximate surface area is 152 Å². The SMILES string of the molecule is O[C@H]1CCC(Nc2cc(Nc3ccncc3)nc(-c3ccccc3)n2)C1. The maximum absolute atomic E-state index is 9.77. The number of hydrogen-bond donors (Lipinski definition) is 3. The summed E-state index contributed by atoms with van der Waals surface area (Å²) in [6.07, 6.45) is 5.77. The van der Waals surface area contributed by atoms with E-state index in [9.17, 15) is 5.11 Å². The highest BCUT2D eigenvalue weighted by atomic mass is 16.3. The highest BCUT2D eigenvalue weighted by Gasteiger charge is 2.23. The molecule has 6 nitrogen and oxygen atoms in total. The Hall–Kier alpha value is -2.99. The molecule has 2 heterocycles. The lowest BCUT2D eigenvalue weighted by atomic mass is 10.2. The third-order valence-corrected chi connectivity index (χ3v) is 4.47. The smallest absolute Gasteiger partial charge is 0.163 e. The molecule has 6 heteroatoms. The molecule has 0 amide bonds. The first-order valence-corrected chi connectivity index (χ1v) is 8.82. The van der Waals surface area contributed by atoms with Gasteiger partial charge in [0.25, 0.3) is 0 Å².